The second-order valence-corrected chi connectivity index (χ2v) is 8.38. The smallest absolute Gasteiger partial charge is 0.266 e. The number of benzene rings is 3. The van der Waals surface area contributed by atoms with Crippen LogP contribution in [0.3, 0.4) is 0 Å². The summed E-state index contributed by atoms with van der Waals surface area (Å²) in [5.41, 5.74) is 1.94. The van der Waals surface area contributed by atoms with Gasteiger partial charge in [0, 0.05) is 6.08 Å². The molecule has 0 saturated carbocycles. The Balaban J connectivity index is 1.82. The fourth-order valence-corrected chi connectivity index (χ4v) is 3.34. The van der Waals surface area contributed by atoms with Crippen molar-refractivity contribution >= 4 is 43.9 Å². The fourth-order valence-electron chi connectivity index (χ4n) is 2.90. The van der Waals surface area contributed by atoms with Crippen LogP contribution in [-0.4, -0.2) is 26.5 Å². The van der Waals surface area contributed by atoms with Crippen LogP contribution in [0.2, 0.25) is 0 Å². The van der Waals surface area contributed by atoms with Crippen molar-refractivity contribution in [3.8, 4) is 0 Å². The van der Waals surface area contributed by atoms with Crippen molar-refractivity contribution in [2.75, 3.05) is 11.6 Å². The van der Waals surface area contributed by atoms with E-state index in [0.29, 0.717) is 0 Å². The number of carbonyl (C=O) groups is 2. The molecular formula is C22H20N2O4S. The Morgan fingerprint density at radius 1 is 0.897 bits per heavy atom. The SMILES string of the molecule is CC(=CC(=O)Nc1ccccc1C(=O)NS(C)(=O)=O)c1ccc2ccccc2c1. The average molecular weight is 408 g/mol. The summed E-state index contributed by atoms with van der Waals surface area (Å²) in [5, 5.41) is 4.82. The second kappa shape index (κ2) is 8.28. The van der Waals surface area contributed by atoms with E-state index in [9.17, 15) is 18.0 Å². The van der Waals surface area contributed by atoms with E-state index in [1.165, 1.54) is 18.2 Å². The van der Waals surface area contributed by atoms with Crippen LogP contribution < -0.4 is 10.0 Å². The zero-order valence-electron chi connectivity index (χ0n) is 16.0. The summed E-state index contributed by atoms with van der Waals surface area (Å²) in [5.74, 6) is -1.23. The molecule has 3 aromatic carbocycles. The van der Waals surface area contributed by atoms with E-state index in [0.717, 1.165) is 28.2 Å². The third-order valence-electron chi connectivity index (χ3n) is 4.26. The van der Waals surface area contributed by atoms with Crippen LogP contribution in [0.25, 0.3) is 16.3 Å². The van der Waals surface area contributed by atoms with Gasteiger partial charge in [-0.15, -0.1) is 0 Å². The number of allylic oxidation sites excluding steroid dienone is 1. The van der Waals surface area contributed by atoms with Gasteiger partial charge in [-0.05, 0) is 47.0 Å². The van der Waals surface area contributed by atoms with Gasteiger partial charge >= 0.3 is 0 Å². The molecule has 7 heteroatoms. The van der Waals surface area contributed by atoms with E-state index in [-0.39, 0.29) is 11.3 Å². The maximum atomic E-state index is 12.5. The highest BCUT2D eigenvalue weighted by atomic mass is 32.2. The summed E-state index contributed by atoms with van der Waals surface area (Å²) in [4.78, 5) is 24.7. The van der Waals surface area contributed by atoms with Gasteiger partial charge in [0.1, 0.15) is 0 Å². The van der Waals surface area contributed by atoms with Crippen LogP contribution in [0.1, 0.15) is 22.8 Å². The lowest BCUT2D eigenvalue weighted by Crippen LogP contribution is -2.30. The fraction of sp³-hybridized carbons (Fsp3) is 0.0909. The zero-order chi connectivity index (χ0) is 21.0. The maximum Gasteiger partial charge on any atom is 0.266 e. The summed E-state index contributed by atoms with van der Waals surface area (Å²) in [6, 6.07) is 20.1. The molecule has 3 rings (SSSR count). The molecule has 0 aromatic heterocycles. The van der Waals surface area contributed by atoms with Crippen LogP contribution in [0.5, 0.6) is 0 Å². The summed E-state index contributed by atoms with van der Waals surface area (Å²) < 4.78 is 24.5. The maximum absolute atomic E-state index is 12.5. The lowest BCUT2D eigenvalue weighted by Gasteiger charge is -2.10. The number of fused-ring (bicyclic) bond motifs is 1. The molecule has 0 atom stereocenters. The van der Waals surface area contributed by atoms with Gasteiger partial charge in [0.25, 0.3) is 5.91 Å². The quantitative estimate of drug-likeness (QED) is 0.631. The number of nitrogens with one attached hydrogen (secondary N) is 2. The standard InChI is InChI=1S/C22H20N2O4S/c1-15(17-12-11-16-7-3-4-8-18(16)14-17)13-21(25)23-20-10-6-5-9-19(20)22(26)24-29(2,27)28/h3-14H,1-2H3,(H,23,25)(H,24,26). The first-order chi connectivity index (χ1) is 13.7. The van der Waals surface area contributed by atoms with Crippen molar-refractivity contribution in [3.63, 3.8) is 0 Å². The average Bonchev–Trinajstić information content (AvgIpc) is 2.66. The highest BCUT2D eigenvalue weighted by Gasteiger charge is 2.16. The van der Waals surface area contributed by atoms with Gasteiger partial charge in [0.15, 0.2) is 0 Å². The van der Waals surface area contributed by atoms with E-state index in [4.69, 9.17) is 0 Å². The van der Waals surface area contributed by atoms with Crippen LogP contribution in [0.4, 0.5) is 5.69 Å². The van der Waals surface area contributed by atoms with Crippen molar-refractivity contribution < 1.29 is 18.0 Å². The first kappa shape index (κ1) is 20.3. The number of carbonyl (C=O) groups excluding carboxylic acids is 2. The topological polar surface area (TPSA) is 92.3 Å². The van der Waals surface area contributed by atoms with Crippen LogP contribution in [-0.2, 0) is 14.8 Å². The third kappa shape index (κ3) is 5.30. The van der Waals surface area contributed by atoms with Crippen molar-refractivity contribution in [2.24, 2.45) is 0 Å². The number of anilines is 1. The Hall–Kier alpha value is -3.45. The molecule has 2 N–H and O–H groups in total. The summed E-state index contributed by atoms with van der Waals surface area (Å²) in [6.07, 6.45) is 2.33. The van der Waals surface area contributed by atoms with Gasteiger partial charge in [-0.25, -0.2) is 13.1 Å². The molecule has 2 amide bonds. The number of sulfonamides is 1. The third-order valence-corrected chi connectivity index (χ3v) is 4.82. The largest absolute Gasteiger partial charge is 0.322 e. The Bertz CT molecular complexity index is 1230. The Morgan fingerprint density at radius 2 is 1.55 bits per heavy atom. The van der Waals surface area contributed by atoms with Gasteiger partial charge in [0.05, 0.1) is 17.5 Å². The molecule has 148 valence electrons. The number of hydrogen-bond donors (Lipinski definition) is 2. The molecule has 0 unspecified atom stereocenters. The summed E-state index contributed by atoms with van der Waals surface area (Å²) in [6.45, 7) is 1.83. The molecule has 3 aromatic rings. The monoisotopic (exact) mass is 408 g/mol. The van der Waals surface area contributed by atoms with E-state index >= 15 is 0 Å². The van der Waals surface area contributed by atoms with Crippen molar-refractivity contribution in [3.05, 3.63) is 83.9 Å². The van der Waals surface area contributed by atoms with E-state index in [2.05, 4.69) is 5.32 Å². The van der Waals surface area contributed by atoms with Gasteiger partial charge in [-0.1, -0.05) is 48.5 Å². The molecule has 0 bridgehead atoms. The number of rotatable bonds is 5. The molecule has 0 fully saturated rings. The number of hydrogen-bond acceptors (Lipinski definition) is 4. The molecule has 0 heterocycles. The van der Waals surface area contributed by atoms with Crippen LogP contribution >= 0.6 is 0 Å². The summed E-state index contributed by atoms with van der Waals surface area (Å²) >= 11 is 0. The molecule has 6 nitrogen and oxygen atoms in total. The normalized spacial score (nSPS) is 11.9. The van der Waals surface area contributed by atoms with E-state index in [1.807, 2.05) is 54.1 Å². The predicted octanol–water partition coefficient (Wildman–Crippen LogP) is 3.57. The van der Waals surface area contributed by atoms with Gasteiger partial charge in [-0.2, -0.15) is 0 Å². The molecule has 0 aliphatic rings. The minimum Gasteiger partial charge on any atom is -0.322 e. The van der Waals surface area contributed by atoms with Crippen LogP contribution in [0.15, 0.2) is 72.8 Å². The first-order valence-electron chi connectivity index (χ1n) is 8.82. The minimum absolute atomic E-state index is 0.0584. The highest BCUT2D eigenvalue weighted by Crippen LogP contribution is 2.21. The number of amides is 2. The highest BCUT2D eigenvalue weighted by molar-refractivity contribution is 7.89. The lowest BCUT2D eigenvalue weighted by atomic mass is 10.0. The zero-order valence-corrected chi connectivity index (χ0v) is 16.8. The molecule has 29 heavy (non-hydrogen) atoms. The lowest BCUT2D eigenvalue weighted by molar-refractivity contribution is -0.111. The summed E-state index contributed by atoms with van der Waals surface area (Å²) in [7, 11) is -3.71. The Kier molecular flexibility index (Phi) is 5.79. The van der Waals surface area contributed by atoms with Gasteiger partial charge in [0.2, 0.25) is 15.9 Å². The Labute approximate surface area is 169 Å². The van der Waals surface area contributed by atoms with Gasteiger partial charge in [-0.3, -0.25) is 9.59 Å². The van der Waals surface area contributed by atoms with Crippen LogP contribution in [0, 0.1) is 0 Å². The first-order valence-corrected chi connectivity index (χ1v) is 10.7. The Morgan fingerprint density at radius 3 is 2.28 bits per heavy atom. The molecule has 0 radical (unpaired) electrons. The number of para-hydroxylation sites is 1. The molecule has 0 aliphatic heterocycles. The second-order valence-electron chi connectivity index (χ2n) is 6.63. The molecule has 0 saturated heterocycles. The minimum atomic E-state index is -3.71. The van der Waals surface area contributed by atoms with Gasteiger partial charge < -0.3 is 5.32 Å². The predicted molar refractivity (Wildman–Crippen MR) is 115 cm³/mol. The molecule has 0 aliphatic carbocycles. The van der Waals surface area contributed by atoms with Crippen molar-refractivity contribution in [1.29, 1.82) is 0 Å². The van der Waals surface area contributed by atoms with E-state index in [1.54, 1.807) is 12.1 Å². The van der Waals surface area contributed by atoms with E-state index < -0.39 is 21.8 Å². The molecular weight excluding hydrogens is 388 g/mol. The molecule has 0 spiro atoms. The van der Waals surface area contributed by atoms with Crippen molar-refractivity contribution in [1.82, 2.24) is 4.72 Å². The van der Waals surface area contributed by atoms with Crippen molar-refractivity contribution in [2.45, 2.75) is 6.92 Å².